The Bertz CT molecular complexity index is 554. The lowest BCUT2D eigenvalue weighted by molar-refractivity contribution is 0.276. The molecule has 2 N–H and O–H groups in total. The lowest BCUT2D eigenvalue weighted by Crippen LogP contribution is -2.31. The zero-order valence-corrected chi connectivity index (χ0v) is 14.0. The molecule has 4 heteroatoms. The van der Waals surface area contributed by atoms with Crippen molar-refractivity contribution in [2.45, 2.75) is 39.3 Å². The van der Waals surface area contributed by atoms with E-state index in [0.717, 1.165) is 26.1 Å². The molecule has 0 aliphatic heterocycles. The lowest BCUT2D eigenvalue weighted by Gasteiger charge is -2.21. The van der Waals surface area contributed by atoms with E-state index in [0.29, 0.717) is 6.54 Å². The van der Waals surface area contributed by atoms with Gasteiger partial charge >= 0.3 is 0 Å². The predicted molar refractivity (Wildman–Crippen MR) is 91.7 cm³/mol. The average Bonchev–Trinajstić information content (AvgIpc) is 2.95. The normalized spacial score (nSPS) is 12.0. The number of hydrogen-bond acceptors (Lipinski definition) is 3. The summed E-state index contributed by atoms with van der Waals surface area (Å²) >= 11 is 0. The van der Waals surface area contributed by atoms with Gasteiger partial charge in [-0.15, -0.1) is 0 Å². The van der Waals surface area contributed by atoms with Crippen molar-refractivity contribution in [1.82, 2.24) is 14.7 Å². The van der Waals surface area contributed by atoms with Crippen LogP contribution < -0.4 is 5.73 Å². The highest BCUT2D eigenvalue weighted by Gasteiger charge is 2.15. The first kappa shape index (κ1) is 16.7. The predicted octanol–water partition coefficient (Wildman–Crippen LogP) is 2.64. The summed E-state index contributed by atoms with van der Waals surface area (Å²) in [7, 11) is 0. The van der Waals surface area contributed by atoms with E-state index in [1.807, 2.05) is 10.9 Å². The topological polar surface area (TPSA) is 47.1 Å². The summed E-state index contributed by atoms with van der Waals surface area (Å²) in [5, 5.41) is 4.48. The van der Waals surface area contributed by atoms with Gasteiger partial charge in [-0.3, -0.25) is 9.58 Å². The maximum Gasteiger partial charge on any atom is 0.0543 e. The Morgan fingerprint density at radius 3 is 2.41 bits per heavy atom. The van der Waals surface area contributed by atoms with E-state index in [9.17, 15) is 0 Å². The zero-order chi connectivity index (χ0) is 16.0. The van der Waals surface area contributed by atoms with Crippen LogP contribution >= 0.6 is 0 Å². The van der Waals surface area contributed by atoms with Crippen molar-refractivity contribution in [2.24, 2.45) is 5.73 Å². The summed E-state index contributed by atoms with van der Waals surface area (Å²) in [5.74, 6) is 0. The quantitative estimate of drug-likeness (QED) is 0.855. The van der Waals surface area contributed by atoms with Crippen LogP contribution in [0, 0.1) is 0 Å². The van der Waals surface area contributed by atoms with Gasteiger partial charge in [0, 0.05) is 37.9 Å². The number of benzene rings is 1. The highest BCUT2D eigenvalue weighted by atomic mass is 15.3. The van der Waals surface area contributed by atoms with Crippen LogP contribution in [0.1, 0.15) is 31.9 Å². The Hall–Kier alpha value is -1.65. The Kier molecular flexibility index (Phi) is 5.75. The molecule has 0 atom stereocenters. The minimum absolute atomic E-state index is 0.0288. The van der Waals surface area contributed by atoms with Crippen molar-refractivity contribution >= 4 is 0 Å². The first-order valence-corrected chi connectivity index (χ1v) is 7.99. The van der Waals surface area contributed by atoms with E-state index >= 15 is 0 Å². The molecule has 0 unspecified atom stereocenters. The molecular weight excluding hydrogens is 272 g/mol. The summed E-state index contributed by atoms with van der Waals surface area (Å²) in [6.07, 6.45) is 5.16. The molecule has 0 saturated carbocycles. The molecule has 0 spiro atoms. The molecule has 0 aliphatic rings. The van der Waals surface area contributed by atoms with E-state index in [1.165, 1.54) is 11.1 Å². The molecule has 4 nitrogen and oxygen atoms in total. The van der Waals surface area contributed by atoms with Gasteiger partial charge in [-0.2, -0.15) is 5.10 Å². The summed E-state index contributed by atoms with van der Waals surface area (Å²) < 4.78 is 2.03. The van der Waals surface area contributed by atoms with Crippen LogP contribution in [-0.2, 0) is 18.5 Å². The third-order valence-electron chi connectivity index (χ3n) is 3.73. The van der Waals surface area contributed by atoms with E-state index in [4.69, 9.17) is 5.73 Å². The Morgan fingerprint density at radius 2 is 1.82 bits per heavy atom. The molecule has 0 radical (unpaired) electrons. The SMILES string of the molecule is CC(C)(C)n1cc(CN(CCN)CCc2ccccc2)cn1. The molecule has 0 fully saturated rings. The third kappa shape index (κ3) is 4.97. The van der Waals surface area contributed by atoms with Crippen molar-refractivity contribution in [3.63, 3.8) is 0 Å². The minimum Gasteiger partial charge on any atom is -0.329 e. The standard InChI is InChI=1S/C18H28N4/c1-18(2,3)22-15-17(13-20-22)14-21(12-10-19)11-9-16-7-5-4-6-8-16/h4-8,13,15H,9-12,14,19H2,1-3H3. The van der Waals surface area contributed by atoms with Gasteiger partial charge in [0.25, 0.3) is 0 Å². The van der Waals surface area contributed by atoms with Crippen LogP contribution in [0.2, 0.25) is 0 Å². The van der Waals surface area contributed by atoms with E-state index in [1.54, 1.807) is 0 Å². The van der Waals surface area contributed by atoms with Crippen LogP contribution in [0.15, 0.2) is 42.7 Å². The highest BCUT2D eigenvalue weighted by molar-refractivity contribution is 5.15. The maximum absolute atomic E-state index is 5.76. The monoisotopic (exact) mass is 300 g/mol. The van der Waals surface area contributed by atoms with Crippen LogP contribution in [0.5, 0.6) is 0 Å². The van der Waals surface area contributed by atoms with Gasteiger partial charge in [0.15, 0.2) is 0 Å². The molecule has 2 aromatic rings. The second-order valence-electron chi connectivity index (χ2n) is 6.76. The van der Waals surface area contributed by atoms with E-state index in [-0.39, 0.29) is 5.54 Å². The van der Waals surface area contributed by atoms with E-state index < -0.39 is 0 Å². The first-order chi connectivity index (χ1) is 10.5. The van der Waals surface area contributed by atoms with Crippen LogP contribution in [0.4, 0.5) is 0 Å². The van der Waals surface area contributed by atoms with Gasteiger partial charge in [-0.25, -0.2) is 0 Å². The van der Waals surface area contributed by atoms with Crippen molar-refractivity contribution in [3.05, 3.63) is 53.9 Å². The molecule has 1 aromatic heterocycles. The summed E-state index contributed by atoms with van der Waals surface area (Å²) in [4.78, 5) is 2.40. The van der Waals surface area contributed by atoms with Gasteiger partial charge in [0.2, 0.25) is 0 Å². The minimum atomic E-state index is 0.0288. The molecule has 1 aromatic carbocycles. The van der Waals surface area contributed by atoms with Gasteiger partial charge in [-0.05, 0) is 32.8 Å². The lowest BCUT2D eigenvalue weighted by atomic mass is 10.1. The van der Waals surface area contributed by atoms with Crippen molar-refractivity contribution in [3.8, 4) is 0 Å². The molecule has 0 bridgehead atoms. The number of nitrogens with two attached hydrogens (primary N) is 1. The third-order valence-corrected chi connectivity index (χ3v) is 3.73. The van der Waals surface area contributed by atoms with Crippen molar-refractivity contribution in [1.29, 1.82) is 0 Å². The molecule has 120 valence electrons. The number of hydrogen-bond donors (Lipinski definition) is 1. The second kappa shape index (κ2) is 7.56. The van der Waals surface area contributed by atoms with Gasteiger partial charge < -0.3 is 5.73 Å². The van der Waals surface area contributed by atoms with Gasteiger partial charge in [0.1, 0.15) is 0 Å². The van der Waals surface area contributed by atoms with Crippen LogP contribution in [0.25, 0.3) is 0 Å². The fourth-order valence-corrected chi connectivity index (χ4v) is 2.45. The zero-order valence-electron chi connectivity index (χ0n) is 14.0. The Balaban J connectivity index is 1.95. The molecule has 0 amide bonds. The largest absolute Gasteiger partial charge is 0.329 e. The molecule has 1 heterocycles. The van der Waals surface area contributed by atoms with E-state index in [2.05, 4.69) is 67.3 Å². The Morgan fingerprint density at radius 1 is 1.09 bits per heavy atom. The maximum atomic E-state index is 5.76. The number of nitrogens with zero attached hydrogens (tertiary/aromatic N) is 3. The summed E-state index contributed by atoms with van der Waals surface area (Å²) in [6.45, 7) is 10.0. The van der Waals surface area contributed by atoms with Gasteiger partial charge in [-0.1, -0.05) is 30.3 Å². The first-order valence-electron chi connectivity index (χ1n) is 7.99. The van der Waals surface area contributed by atoms with Gasteiger partial charge in [0.05, 0.1) is 11.7 Å². The molecular formula is C18H28N4. The fourth-order valence-electron chi connectivity index (χ4n) is 2.45. The Labute approximate surface area is 133 Å². The van der Waals surface area contributed by atoms with Crippen molar-refractivity contribution < 1.29 is 0 Å². The highest BCUT2D eigenvalue weighted by Crippen LogP contribution is 2.14. The molecule has 0 saturated heterocycles. The molecule has 0 aliphatic carbocycles. The molecule has 22 heavy (non-hydrogen) atoms. The smallest absolute Gasteiger partial charge is 0.0543 e. The van der Waals surface area contributed by atoms with Crippen LogP contribution in [-0.4, -0.2) is 34.3 Å². The number of aromatic nitrogens is 2. The van der Waals surface area contributed by atoms with Crippen LogP contribution in [0.3, 0.4) is 0 Å². The second-order valence-corrected chi connectivity index (χ2v) is 6.76. The molecule has 2 rings (SSSR count). The summed E-state index contributed by atoms with van der Waals surface area (Å²) in [5.41, 5.74) is 8.41. The summed E-state index contributed by atoms with van der Waals surface area (Å²) in [6, 6.07) is 10.6. The fraction of sp³-hybridized carbons (Fsp3) is 0.500. The average molecular weight is 300 g/mol. The van der Waals surface area contributed by atoms with Crippen molar-refractivity contribution in [2.75, 3.05) is 19.6 Å². The number of rotatable bonds is 7.